The van der Waals surface area contributed by atoms with Crippen LogP contribution in [0.25, 0.3) is 0 Å². The van der Waals surface area contributed by atoms with Crippen molar-refractivity contribution in [2.24, 2.45) is 0 Å². The van der Waals surface area contributed by atoms with Gasteiger partial charge < -0.3 is 9.84 Å². The highest BCUT2D eigenvalue weighted by molar-refractivity contribution is 5.69. The molecular formula is C7H8N2O3. The number of carbonyl (C=O) groups is 1. The van der Waals surface area contributed by atoms with Crippen LogP contribution in [0.15, 0.2) is 12.1 Å². The van der Waals surface area contributed by atoms with Crippen molar-refractivity contribution in [1.29, 1.82) is 0 Å². The van der Waals surface area contributed by atoms with Gasteiger partial charge in [0.1, 0.15) is 0 Å². The van der Waals surface area contributed by atoms with Crippen LogP contribution in [-0.4, -0.2) is 28.4 Å². The van der Waals surface area contributed by atoms with Crippen molar-refractivity contribution in [2.45, 2.75) is 6.42 Å². The second-order valence-electron chi connectivity index (χ2n) is 2.14. The molecule has 1 N–H and O–H groups in total. The van der Waals surface area contributed by atoms with Gasteiger partial charge in [-0.15, -0.1) is 5.10 Å². The highest BCUT2D eigenvalue weighted by Gasteiger charge is 2.02. The Balaban J connectivity index is 2.71. The molecule has 0 radical (unpaired) electrons. The zero-order chi connectivity index (χ0) is 8.97. The molecule has 5 nitrogen and oxygen atoms in total. The smallest absolute Gasteiger partial charge is 0.309 e. The van der Waals surface area contributed by atoms with Crippen molar-refractivity contribution < 1.29 is 14.6 Å². The first kappa shape index (κ1) is 8.45. The van der Waals surface area contributed by atoms with Gasteiger partial charge in [-0.2, -0.15) is 5.10 Å². The third kappa shape index (κ3) is 2.19. The summed E-state index contributed by atoms with van der Waals surface area (Å²) in [6, 6.07) is 3.14. The summed E-state index contributed by atoms with van der Waals surface area (Å²) in [6.07, 6.45) is -0.114. The second-order valence-corrected chi connectivity index (χ2v) is 2.14. The minimum absolute atomic E-state index is 0.114. The zero-order valence-corrected chi connectivity index (χ0v) is 6.52. The monoisotopic (exact) mass is 168 g/mol. The van der Waals surface area contributed by atoms with Crippen LogP contribution in [0.1, 0.15) is 5.69 Å². The van der Waals surface area contributed by atoms with Crippen molar-refractivity contribution >= 4 is 5.97 Å². The van der Waals surface area contributed by atoms with Crippen molar-refractivity contribution in [3.8, 4) is 5.88 Å². The molecule has 0 spiro atoms. The molecular weight excluding hydrogens is 160 g/mol. The summed E-state index contributed by atoms with van der Waals surface area (Å²) >= 11 is 0. The van der Waals surface area contributed by atoms with Gasteiger partial charge in [0.2, 0.25) is 5.88 Å². The van der Waals surface area contributed by atoms with E-state index < -0.39 is 5.97 Å². The van der Waals surface area contributed by atoms with Crippen LogP contribution in [0.3, 0.4) is 0 Å². The molecule has 0 atom stereocenters. The topological polar surface area (TPSA) is 72.3 Å². The summed E-state index contributed by atoms with van der Waals surface area (Å²) in [6.45, 7) is 0. The van der Waals surface area contributed by atoms with Gasteiger partial charge in [-0.05, 0) is 6.07 Å². The molecule has 0 fully saturated rings. The van der Waals surface area contributed by atoms with E-state index >= 15 is 0 Å². The number of carboxylic acids is 1. The van der Waals surface area contributed by atoms with Gasteiger partial charge in [-0.1, -0.05) is 0 Å². The summed E-state index contributed by atoms with van der Waals surface area (Å²) in [5.41, 5.74) is 0.420. The first-order chi connectivity index (χ1) is 5.72. The van der Waals surface area contributed by atoms with Gasteiger partial charge in [0.25, 0.3) is 0 Å². The molecule has 0 amide bonds. The van der Waals surface area contributed by atoms with Crippen LogP contribution in [0.2, 0.25) is 0 Å². The second kappa shape index (κ2) is 3.66. The predicted octanol–water partition coefficient (Wildman–Crippen LogP) is 0.112. The molecule has 0 aliphatic heterocycles. The molecule has 0 unspecified atom stereocenters. The van der Waals surface area contributed by atoms with Crippen molar-refractivity contribution in [3.05, 3.63) is 17.8 Å². The number of hydrogen-bond acceptors (Lipinski definition) is 4. The third-order valence-corrected chi connectivity index (χ3v) is 1.24. The third-order valence-electron chi connectivity index (χ3n) is 1.24. The number of aliphatic carboxylic acids is 1. The fraction of sp³-hybridized carbons (Fsp3) is 0.286. The Morgan fingerprint density at radius 3 is 2.75 bits per heavy atom. The number of nitrogens with zero attached hydrogens (tertiary/aromatic N) is 2. The highest BCUT2D eigenvalue weighted by Crippen LogP contribution is 2.03. The molecule has 0 aromatic carbocycles. The van der Waals surface area contributed by atoms with Crippen molar-refractivity contribution in [1.82, 2.24) is 10.2 Å². The number of methoxy groups -OCH3 is 1. The van der Waals surface area contributed by atoms with Crippen LogP contribution in [-0.2, 0) is 11.2 Å². The first-order valence-corrected chi connectivity index (χ1v) is 3.31. The fourth-order valence-electron chi connectivity index (χ4n) is 0.706. The lowest BCUT2D eigenvalue weighted by molar-refractivity contribution is -0.136. The summed E-state index contributed by atoms with van der Waals surface area (Å²) in [7, 11) is 1.47. The van der Waals surface area contributed by atoms with Crippen LogP contribution in [0.5, 0.6) is 5.88 Å². The molecule has 64 valence electrons. The van der Waals surface area contributed by atoms with Gasteiger partial charge in [-0.3, -0.25) is 4.79 Å². The molecule has 5 heteroatoms. The Labute approximate surface area is 69.0 Å². The van der Waals surface area contributed by atoms with E-state index in [0.717, 1.165) is 0 Å². The number of rotatable bonds is 3. The van der Waals surface area contributed by atoms with E-state index in [2.05, 4.69) is 10.2 Å². The molecule has 0 aliphatic rings. The minimum atomic E-state index is -0.922. The average Bonchev–Trinajstić information content (AvgIpc) is 2.05. The normalized spacial score (nSPS) is 9.42. The number of aromatic nitrogens is 2. The number of hydrogen-bond donors (Lipinski definition) is 1. The first-order valence-electron chi connectivity index (χ1n) is 3.31. The van der Waals surface area contributed by atoms with E-state index in [-0.39, 0.29) is 6.42 Å². The van der Waals surface area contributed by atoms with Gasteiger partial charge >= 0.3 is 5.97 Å². The van der Waals surface area contributed by atoms with E-state index in [1.165, 1.54) is 7.11 Å². The van der Waals surface area contributed by atoms with Gasteiger partial charge in [-0.25, -0.2) is 0 Å². The van der Waals surface area contributed by atoms with E-state index in [4.69, 9.17) is 9.84 Å². The van der Waals surface area contributed by atoms with Gasteiger partial charge in [0, 0.05) is 6.07 Å². The molecule has 0 saturated carbocycles. The number of carboxylic acid groups (broad SMARTS) is 1. The summed E-state index contributed by atoms with van der Waals surface area (Å²) in [5, 5.41) is 15.6. The maximum atomic E-state index is 10.2. The average molecular weight is 168 g/mol. The maximum absolute atomic E-state index is 10.2. The Hall–Kier alpha value is -1.65. The fourth-order valence-corrected chi connectivity index (χ4v) is 0.706. The van der Waals surface area contributed by atoms with Gasteiger partial charge in [0.05, 0.1) is 19.2 Å². The Bertz CT molecular complexity index is 270. The molecule has 12 heavy (non-hydrogen) atoms. The Kier molecular flexibility index (Phi) is 2.57. The molecule has 0 saturated heterocycles. The van der Waals surface area contributed by atoms with Crippen molar-refractivity contribution in [3.63, 3.8) is 0 Å². The van der Waals surface area contributed by atoms with Crippen LogP contribution in [0, 0.1) is 0 Å². The zero-order valence-electron chi connectivity index (χ0n) is 6.52. The van der Waals surface area contributed by atoms with Gasteiger partial charge in [0.15, 0.2) is 0 Å². The molecule has 1 heterocycles. The summed E-state index contributed by atoms with van der Waals surface area (Å²) in [4.78, 5) is 10.2. The Morgan fingerprint density at radius 2 is 2.33 bits per heavy atom. The van der Waals surface area contributed by atoms with Crippen LogP contribution < -0.4 is 4.74 Å². The largest absolute Gasteiger partial charge is 0.481 e. The number of ether oxygens (including phenoxy) is 1. The van der Waals surface area contributed by atoms with E-state index in [0.29, 0.717) is 11.6 Å². The lowest BCUT2D eigenvalue weighted by atomic mass is 10.3. The lowest BCUT2D eigenvalue weighted by Crippen LogP contribution is -2.03. The predicted molar refractivity (Wildman–Crippen MR) is 39.9 cm³/mol. The van der Waals surface area contributed by atoms with E-state index in [1.807, 2.05) is 0 Å². The summed E-state index contributed by atoms with van der Waals surface area (Å²) < 4.78 is 4.75. The maximum Gasteiger partial charge on any atom is 0.309 e. The molecule has 0 aliphatic carbocycles. The lowest BCUT2D eigenvalue weighted by Gasteiger charge is -1.97. The minimum Gasteiger partial charge on any atom is -0.481 e. The molecule has 0 bridgehead atoms. The summed E-state index contributed by atoms with van der Waals surface area (Å²) in [5.74, 6) is -0.543. The van der Waals surface area contributed by atoms with Crippen molar-refractivity contribution in [2.75, 3.05) is 7.11 Å². The van der Waals surface area contributed by atoms with E-state index in [9.17, 15) is 4.79 Å². The highest BCUT2D eigenvalue weighted by atomic mass is 16.5. The Morgan fingerprint density at radius 1 is 1.58 bits per heavy atom. The SMILES string of the molecule is COc1ccc(CC(=O)O)nn1. The molecule has 1 rings (SSSR count). The standard InChI is InChI=1S/C7H8N2O3/c1-12-6-3-2-5(8-9-6)4-7(10)11/h2-3H,4H2,1H3,(H,10,11). The van der Waals surface area contributed by atoms with E-state index in [1.54, 1.807) is 12.1 Å². The molecule has 1 aromatic rings. The van der Waals surface area contributed by atoms with Crippen LogP contribution >= 0.6 is 0 Å². The molecule has 1 aromatic heterocycles. The van der Waals surface area contributed by atoms with Crippen LogP contribution in [0.4, 0.5) is 0 Å². The quantitative estimate of drug-likeness (QED) is 0.693.